The monoisotopic (exact) mass is 638 g/mol. The van der Waals surface area contributed by atoms with Crippen LogP contribution in [-0.4, -0.2) is 9.55 Å². The topological polar surface area (TPSA) is 31.0 Å². The summed E-state index contributed by atoms with van der Waals surface area (Å²) in [6.07, 6.45) is 0. The molecule has 3 nitrogen and oxygen atoms in total. The van der Waals surface area contributed by atoms with Gasteiger partial charge in [0.1, 0.15) is 11.2 Å². The van der Waals surface area contributed by atoms with Crippen LogP contribution >= 0.6 is 0 Å². The third-order valence-electron chi connectivity index (χ3n) is 9.82. The molecule has 7 aromatic carbocycles. The van der Waals surface area contributed by atoms with E-state index in [-0.39, 0.29) is 0 Å². The Morgan fingerprint density at radius 1 is 0.400 bits per heavy atom. The first-order valence-corrected chi connectivity index (χ1v) is 17.0. The fourth-order valence-electron chi connectivity index (χ4n) is 7.48. The van der Waals surface area contributed by atoms with Crippen molar-refractivity contribution in [2.75, 3.05) is 0 Å². The van der Waals surface area contributed by atoms with Gasteiger partial charge in [-0.1, -0.05) is 140 Å². The Labute approximate surface area is 289 Å². The maximum absolute atomic E-state index is 6.54. The lowest BCUT2D eigenvalue weighted by atomic mass is 9.96. The molecule has 234 valence electrons. The summed E-state index contributed by atoms with van der Waals surface area (Å²) in [6.45, 7) is 0. The molecule has 0 aliphatic rings. The molecule has 0 atom stereocenters. The predicted octanol–water partition coefficient (Wildman–Crippen LogP) is 12.7. The van der Waals surface area contributed by atoms with E-state index >= 15 is 0 Å². The zero-order valence-electron chi connectivity index (χ0n) is 27.1. The molecule has 3 heteroatoms. The highest BCUT2D eigenvalue weighted by molar-refractivity contribution is 6.14. The number of nitrogens with zero attached hydrogens (tertiary/aromatic N) is 2. The second kappa shape index (κ2) is 11.5. The Morgan fingerprint density at radius 3 is 1.74 bits per heavy atom. The highest BCUT2D eigenvalue weighted by Crippen LogP contribution is 2.41. The number of aromatic nitrogens is 2. The van der Waals surface area contributed by atoms with Crippen LogP contribution in [0.2, 0.25) is 0 Å². The van der Waals surface area contributed by atoms with Crippen LogP contribution in [0.3, 0.4) is 0 Å². The van der Waals surface area contributed by atoms with Crippen LogP contribution in [0.15, 0.2) is 186 Å². The zero-order chi connectivity index (χ0) is 33.0. The number of fused-ring (bicyclic) bond motifs is 6. The molecular weight excluding hydrogens is 609 g/mol. The third-order valence-corrected chi connectivity index (χ3v) is 9.82. The van der Waals surface area contributed by atoms with E-state index in [1.807, 2.05) is 12.1 Å². The Morgan fingerprint density at radius 2 is 0.960 bits per heavy atom. The molecule has 0 aliphatic heterocycles. The molecule has 0 amide bonds. The molecule has 50 heavy (non-hydrogen) atoms. The molecule has 0 unspecified atom stereocenters. The number of furan rings is 1. The van der Waals surface area contributed by atoms with Crippen LogP contribution in [0.25, 0.3) is 94.2 Å². The fourth-order valence-corrected chi connectivity index (χ4v) is 7.48. The lowest BCUT2D eigenvalue weighted by molar-refractivity contribution is 0.670. The summed E-state index contributed by atoms with van der Waals surface area (Å²) >= 11 is 0. The summed E-state index contributed by atoms with van der Waals surface area (Å²) < 4.78 is 8.91. The summed E-state index contributed by atoms with van der Waals surface area (Å²) in [5, 5.41) is 4.61. The summed E-state index contributed by atoms with van der Waals surface area (Å²) in [5.41, 5.74) is 13.6. The minimum Gasteiger partial charge on any atom is -0.455 e. The third kappa shape index (κ3) is 4.56. The first kappa shape index (κ1) is 28.3. The van der Waals surface area contributed by atoms with E-state index in [0.29, 0.717) is 0 Å². The van der Waals surface area contributed by atoms with Crippen LogP contribution in [0, 0.1) is 0 Å². The van der Waals surface area contributed by atoms with Crippen molar-refractivity contribution in [3.05, 3.63) is 182 Å². The molecular formula is C47H30N2O. The second-order valence-electron chi connectivity index (χ2n) is 12.7. The van der Waals surface area contributed by atoms with Crippen molar-refractivity contribution in [1.29, 1.82) is 0 Å². The lowest BCUT2D eigenvalue weighted by Gasteiger charge is -2.14. The van der Waals surface area contributed by atoms with Gasteiger partial charge in [0, 0.05) is 38.4 Å². The van der Waals surface area contributed by atoms with Crippen LogP contribution in [0.1, 0.15) is 0 Å². The normalized spacial score (nSPS) is 11.6. The largest absolute Gasteiger partial charge is 0.455 e. The van der Waals surface area contributed by atoms with Crippen LogP contribution in [-0.2, 0) is 0 Å². The van der Waals surface area contributed by atoms with E-state index in [1.54, 1.807) is 0 Å². The van der Waals surface area contributed by atoms with Gasteiger partial charge in [-0.15, -0.1) is 0 Å². The second-order valence-corrected chi connectivity index (χ2v) is 12.7. The van der Waals surface area contributed by atoms with E-state index < -0.39 is 0 Å². The standard InChI is InChI=1S/C47H30N2O/c1-3-13-31(14-4-1)32-25-27-33(28-26-32)34-29-42(48-43(30-34)41-22-12-20-39-37-18-8-10-24-45(37)50-47(39)41)40-21-11-19-38-36-17-7-9-23-44(36)49(46(38)40)35-15-5-2-6-16-35/h1-30H. The van der Waals surface area contributed by atoms with Crippen LogP contribution in [0.4, 0.5) is 0 Å². The molecule has 0 saturated carbocycles. The Hall–Kier alpha value is -6.71. The van der Waals surface area contributed by atoms with Gasteiger partial charge in [0.05, 0.1) is 22.4 Å². The molecule has 3 heterocycles. The van der Waals surface area contributed by atoms with Gasteiger partial charge in [0.15, 0.2) is 0 Å². The summed E-state index contributed by atoms with van der Waals surface area (Å²) in [7, 11) is 0. The fraction of sp³-hybridized carbons (Fsp3) is 0. The average molecular weight is 639 g/mol. The quantitative estimate of drug-likeness (QED) is 0.188. The van der Waals surface area contributed by atoms with Crippen LogP contribution in [0.5, 0.6) is 0 Å². The van der Waals surface area contributed by atoms with E-state index in [0.717, 1.165) is 66.8 Å². The predicted molar refractivity (Wildman–Crippen MR) is 208 cm³/mol. The van der Waals surface area contributed by atoms with Crippen molar-refractivity contribution < 1.29 is 4.42 Å². The maximum atomic E-state index is 6.54. The van der Waals surface area contributed by atoms with E-state index in [1.165, 1.54) is 27.4 Å². The molecule has 0 N–H and O–H groups in total. The van der Waals surface area contributed by atoms with Gasteiger partial charge in [0.25, 0.3) is 0 Å². The van der Waals surface area contributed by atoms with E-state index in [9.17, 15) is 0 Å². The Bertz CT molecular complexity index is 2850. The number of para-hydroxylation sites is 5. The number of hydrogen-bond donors (Lipinski definition) is 0. The first-order chi connectivity index (χ1) is 24.8. The van der Waals surface area contributed by atoms with Crippen LogP contribution < -0.4 is 0 Å². The van der Waals surface area contributed by atoms with Crippen molar-refractivity contribution in [2.24, 2.45) is 0 Å². The number of benzene rings is 7. The van der Waals surface area contributed by atoms with Crippen molar-refractivity contribution in [2.45, 2.75) is 0 Å². The van der Waals surface area contributed by atoms with Gasteiger partial charge in [-0.05, 0) is 64.7 Å². The number of hydrogen-bond acceptors (Lipinski definition) is 2. The molecule has 3 aromatic heterocycles. The molecule has 0 aliphatic carbocycles. The Balaban J connectivity index is 1.25. The number of rotatable bonds is 5. The molecule has 0 fully saturated rings. The maximum Gasteiger partial charge on any atom is 0.144 e. The molecule has 0 saturated heterocycles. The Kier molecular flexibility index (Phi) is 6.49. The van der Waals surface area contributed by atoms with Gasteiger partial charge in [-0.2, -0.15) is 0 Å². The summed E-state index contributed by atoms with van der Waals surface area (Å²) in [6, 6.07) is 64.3. The van der Waals surface area contributed by atoms with Gasteiger partial charge < -0.3 is 8.98 Å². The van der Waals surface area contributed by atoms with Gasteiger partial charge in [0.2, 0.25) is 0 Å². The zero-order valence-corrected chi connectivity index (χ0v) is 27.1. The van der Waals surface area contributed by atoms with Gasteiger partial charge >= 0.3 is 0 Å². The van der Waals surface area contributed by atoms with Crippen molar-refractivity contribution >= 4 is 43.7 Å². The van der Waals surface area contributed by atoms with Crippen molar-refractivity contribution in [1.82, 2.24) is 9.55 Å². The summed E-state index contributed by atoms with van der Waals surface area (Å²) in [4.78, 5) is 5.47. The van der Waals surface area contributed by atoms with Gasteiger partial charge in [-0.3, -0.25) is 0 Å². The average Bonchev–Trinajstić information content (AvgIpc) is 3.75. The minimum atomic E-state index is 0.848. The van der Waals surface area contributed by atoms with E-state index in [4.69, 9.17) is 9.40 Å². The van der Waals surface area contributed by atoms with Gasteiger partial charge in [-0.25, -0.2) is 4.98 Å². The molecule has 10 rings (SSSR count). The highest BCUT2D eigenvalue weighted by atomic mass is 16.3. The lowest BCUT2D eigenvalue weighted by Crippen LogP contribution is -1.97. The first-order valence-electron chi connectivity index (χ1n) is 17.0. The molecule has 10 aromatic rings. The van der Waals surface area contributed by atoms with Crippen molar-refractivity contribution in [3.8, 4) is 50.5 Å². The van der Waals surface area contributed by atoms with Crippen molar-refractivity contribution in [3.63, 3.8) is 0 Å². The molecule has 0 radical (unpaired) electrons. The smallest absolute Gasteiger partial charge is 0.144 e. The molecule has 0 spiro atoms. The molecule has 0 bridgehead atoms. The number of pyridine rings is 1. The minimum absolute atomic E-state index is 0.848. The van der Waals surface area contributed by atoms with E-state index in [2.05, 4.69) is 174 Å². The SMILES string of the molecule is c1ccc(-c2ccc(-c3cc(-c4cccc5c4oc4ccccc45)nc(-c4cccc5c6ccccc6n(-c6ccccc6)c45)c3)cc2)cc1. The highest BCUT2D eigenvalue weighted by Gasteiger charge is 2.20. The summed E-state index contributed by atoms with van der Waals surface area (Å²) in [5.74, 6) is 0.